The number of amides is 1. The Bertz CT molecular complexity index is 1110. The van der Waals surface area contributed by atoms with Gasteiger partial charge in [0.15, 0.2) is 0 Å². The Labute approximate surface area is 206 Å². The minimum absolute atomic E-state index is 0.0250. The van der Waals surface area contributed by atoms with Gasteiger partial charge in [-0.05, 0) is 38.2 Å². The molecule has 0 spiro atoms. The van der Waals surface area contributed by atoms with Crippen molar-refractivity contribution in [3.63, 3.8) is 0 Å². The number of piperazine rings is 1. The molecule has 0 bridgehead atoms. The third-order valence-corrected chi connectivity index (χ3v) is 6.31. The van der Waals surface area contributed by atoms with Gasteiger partial charge in [-0.3, -0.25) is 9.59 Å². The van der Waals surface area contributed by atoms with Crippen LogP contribution in [0.1, 0.15) is 50.2 Å². The lowest BCUT2D eigenvalue weighted by atomic mass is 10.2. The highest BCUT2D eigenvalue weighted by atomic mass is 19.4. The molecule has 3 heterocycles. The molecule has 2 aromatic rings. The second-order valence-electron chi connectivity index (χ2n) is 9.33. The maximum absolute atomic E-state index is 13.2. The average Bonchev–Trinajstić information content (AvgIpc) is 3.66. The monoisotopic (exact) mass is 509 g/mol. The number of ether oxygens (including phenoxy) is 1. The van der Waals surface area contributed by atoms with Crippen molar-refractivity contribution in [3.8, 4) is 0 Å². The quantitative estimate of drug-likeness (QED) is 0.495. The van der Waals surface area contributed by atoms with E-state index in [1.54, 1.807) is 16.9 Å². The number of nitrogens with one attached hydrogen (secondary N) is 2. The lowest BCUT2D eigenvalue weighted by Crippen LogP contribution is -2.54. The molecule has 10 nitrogen and oxygen atoms in total. The van der Waals surface area contributed by atoms with Crippen molar-refractivity contribution >= 4 is 17.5 Å². The molecule has 2 aromatic heterocycles. The second kappa shape index (κ2) is 10.8. The molecule has 1 aliphatic heterocycles. The minimum atomic E-state index is -4.82. The number of carbonyl (C=O) groups is 1. The molecule has 36 heavy (non-hydrogen) atoms. The van der Waals surface area contributed by atoms with Crippen LogP contribution >= 0.6 is 0 Å². The fraction of sp³-hybridized carbons (Fsp3) is 0.609. The number of halogens is 3. The summed E-state index contributed by atoms with van der Waals surface area (Å²) in [7, 11) is 0. The summed E-state index contributed by atoms with van der Waals surface area (Å²) >= 11 is 0. The molecule has 196 valence electrons. The van der Waals surface area contributed by atoms with Crippen molar-refractivity contribution in [1.82, 2.24) is 25.1 Å². The first-order valence-corrected chi connectivity index (χ1v) is 12.0. The maximum Gasteiger partial charge on any atom is 0.423 e. The number of alkyl halides is 3. The Kier molecular flexibility index (Phi) is 7.76. The van der Waals surface area contributed by atoms with Gasteiger partial charge in [0.05, 0.1) is 31.5 Å². The Balaban J connectivity index is 1.20. The van der Waals surface area contributed by atoms with Gasteiger partial charge in [0.25, 0.3) is 5.56 Å². The van der Waals surface area contributed by atoms with Crippen molar-refractivity contribution in [2.75, 3.05) is 43.1 Å². The molecule has 0 radical (unpaired) electrons. The molecule has 0 aromatic carbocycles. The Hall–Kier alpha value is -3.22. The van der Waals surface area contributed by atoms with Crippen LogP contribution in [0.3, 0.4) is 0 Å². The number of aromatic amines is 1. The van der Waals surface area contributed by atoms with Crippen LogP contribution in [0.2, 0.25) is 0 Å². The van der Waals surface area contributed by atoms with Gasteiger partial charge in [-0.1, -0.05) is 0 Å². The standard InChI is InChI=1S/C23H30F3N7O3/c1-14(30-18-11-29-31-21(35)20(18)23(24,25)26)13-36-8-5-19(34)33-7-6-32(12-15(33)2)22-27-9-17(10-28-22)16-3-4-16/h9-11,14-16H,3-8,12-13H2,1-2H3,(H2,30,31,35)/t14?,15-/m1/s1. The minimum Gasteiger partial charge on any atom is -0.379 e. The first-order valence-electron chi connectivity index (χ1n) is 12.0. The van der Waals surface area contributed by atoms with E-state index in [1.807, 2.05) is 19.3 Å². The molecule has 13 heteroatoms. The van der Waals surface area contributed by atoms with Crippen LogP contribution in [-0.4, -0.2) is 75.9 Å². The highest BCUT2D eigenvalue weighted by Crippen LogP contribution is 2.39. The Morgan fingerprint density at radius 1 is 1.25 bits per heavy atom. The zero-order valence-corrected chi connectivity index (χ0v) is 20.2. The summed E-state index contributed by atoms with van der Waals surface area (Å²) in [6.07, 6.45) is 2.44. The van der Waals surface area contributed by atoms with E-state index in [2.05, 4.69) is 25.3 Å². The van der Waals surface area contributed by atoms with E-state index in [-0.39, 0.29) is 31.6 Å². The molecular formula is C23H30F3N7O3. The maximum atomic E-state index is 13.2. The third kappa shape index (κ3) is 6.31. The summed E-state index contributed by atoms with van der Waals surface area (Å²) < 4.78 is 45.0. The molecule has 4 rings (SSSR count). The molecule has 2 fully saturated rings. The number of carbonyl (C=O) groups excluding carboxylic acids is 1. The average molecular weight is 510 g/mol. The first-order chi connectivity index (χ1) is 17.1. The number of aromatic nitrogens is 4. The summed E-state index contributed by atoms with van der Waals surface area (Å²) in [6, 6.07) is -0.568. The van der Waals surface area contributed by atoms with Crippen LogP contribution < -0.4 is 15.8 Å². The Morgan fingerprint density at radius 2 is 1.97 bits per heavy atom. The SMILES string of the molecule is CC(COCCC(=O)N1CCN(c2ncc(C3CC3)cn2)C[C@H]1C)Nc1cn[nH]c(=O)c1C(F)(F)F. The summed E-state index contributed by atoms with van der Waals surface area (Å²) in [5.41, 5.74) is -1.89. The largest absolute Gasteiger partial charge is 0.423 e. The molecule has 1 unspecified atom stereocenters. The lowest BCUT2D eigenvalue weighted by Gasteiger charge is -2.40. The molecule has 2 N–H and O–H groups in total. The van der Waals surface area contributed by atoms with Gasteiger partial charge >= 0.3 is 6.18 Å². The van der Waals surface area contributed by atoms with Crippen LogP contribution in [0.5, 0.6) is 0 Å². The molecular weight excluding hydrogens is 479 g/mol. The van der Waals surface area contributed by atoms with Gasteiger partial charge in [-0.15, -0.1) is 0 Å². The first kappa shape index (κ1) is 25.9. The Morgan fingerprint density at radius 3 is 2.61 bits per heavy atom. The van der Waals surface area contributed by atoms with Crippen molar-refractivity contribution < 1.29 is 22.7 Å². The van der Waals surface area contributed by atoms with Crippen LogP contribution in [0.15, 0.2) is 23.4 Å². The molecule has 1 amide bonds. The second-order valence-corrected chi connectivity index (χ2v) is 9.33. The van der Waals surface area contributed by atoms with Crippen LogP contribution in [-0.2, 0) is 15.7 Å². The lowest BCUT2D eigenvalue weighted by molar-refractivity contribution is -0.138. The highest BCUT2D eigenvalue weighted by molar-refractivity contribution is 5.77. The van der Waals surface area contributed by atoms with Crippen molar-refractivity contribution in [2.24, 2.45) is 0 Å². The van der Waals surface area contributed by atoms with E-state index in [0.29, 0.717) is 31.5 Å². The van der Waals surface area contributed by atoms with Gasteiger partial charge in [0, 0.05) is 44.1 Å². The number of hydrogen-bond acceptors (Lipinski definition) is 8. The normalized spacial score (nSPS) is 19.3. The predicted octanol–water partition coefficient (Wildman–Crippen LogP) is 2.40. The molecule has 1 saturated carbocycles. The summed E-state index contributed by atoms with van der Waals surface area (Å²) in [5, 5.41) is 7.83. The fourth-order valence-electron chi connectivity index (χ4n) is 4.29. The summed E-state index contributed by atoms with van der Waals surface area (Å²) in [4.78, 5) is 37.2. The third-order valence-electron chi connectivity index (χ3n) is 6.31. The van der Waals surface area contributed by atoms with Crippen LogP contribution in [0.4, 0.5) is 24.8 Å². The van der Waals surface area contributed by atoms with Gasteiger partial charge in [0.2, 0.25) is 11.9 Å². The van der Waals surface area contributed by atoms with Crippen molar-refractivity contribution in [3.05, 3.63) is 40.1 Å². The molecule has 1 saturated heterocycles. The zero-order valence-electron chi connectivity index (χ0n) is 20.2. The van der Waals surface area contributed by atoms with Gasteiger partial charge < -0.3 is 19.9 Å². The van der Waals surface area contributed by atoms with Gasteiger partial charge in [0.1, 0.15) is 5.56 Å². The van der Waals surface area contributed by atoms with Crippen LogP contribution in [0, 0.1) is 0 Å². The van der Waals surface area contributed by atoms with E-state index in [0.717, 1.165) is 6.20 Å². The van der Waals surface area contributed by atoms with Crippen molar-refractivity contribution in [2.45, 2.75) is 57.3 Å². The summed E-state index contributed by atoms with van der Waals surface area (Å²) in [5.74, 6) is 1.23. The summed E-state index contributed by atoms with van der Waals surface area (Å²) in [6.45, 7) is 5.57. The van der Waals surface area contributed by atoms with E-state index in [1.165, 1.54) is 18.4 Å². The molecule has 2 atom stereocenters. The van der Waals surface area contributed by atoms with E-state index >= 15 is 0 Å². The number of rotatable bonds is 9. The predicted molar refractivity (Wildman–Crippen MR) is 126 cm³/mol. The highest BCUT2D eigenvalue weighted by Gasteiger charge is 2.37. The molecule has 1 aliphatic carbocycles. The number of H-pyrrole nitrogens is 1. The van der Waals surface area contributed by atoms with Gasteiger partial charge in [-0.25, -0.2) is 15.1 Å². The number of hydrogen-bond donors (Lipinski definition) is 2. The van der Waals surface area contributed by atoms with Gasteiger partial charge in [-0.2, -0.15) is 18.3 Å². The smallest absolute Gasteiger partial charge is 0.379 e. The zero-order chi connectivity index (χ0) is 25.9. The van der Waals surface area contributed by atoms with E-state index < -0.39 is 29.0 Å². The topological polar surface area (TPSA) is 116 Å². The fourth-order valence-corrected chi connectivity index (χ4v) is 4.29. The number of nitrogens with zero attached hydrogens (tertiary/aromatic N) is 5. The molecule has 2 aliphatic rings. The van der Waals surface area contributed by atoms with E-state index in [4.69, 9.17) is 4.74 Å². The van der Waals surface area contributed by atoms with E-state index in [9.17, 15) is 22.8 Å². The van der Waals surface area contributed by atoms with Crippen molar-refractivity contribution in [1.29, 1.82) is 0 Å². The van der Waals surface area contributed by atoms with Crippen LogP contribution in [0.25, 0.3) is 0 Å². The number of anilines is 2.